The second-order valence-electron chi connectivity index (χ2n) is 5.76. The quantitative estimate of drug-likeness (QED) is 0.360. The molecule has 0 saturated heterocycles. The van der Waals surface area contributed by atoms with Crippen molar-refractivity contribution >= 4 is 23.0 Å². The molecule has 0 aliphatic carbocycles. The first-order valence-corrected chi connectivity index (χ1v) is 9.22. The Labute approximate surface area is 168 Å². The molecule has 3 aromatic heterocycles. The Morgan fingerprint density at radius 3 is 2.72 bits per heavy atom. The third-order valence-corrected chi connectivity index (χ3v) is 4.39. The lowest BCUT2D eigenvalue weighted by molar-refractivity contribution is -0.385. The second-order valence-corrected chi connectivity index (χ2v) is 6.37. The van der Waals surface area contributed by atoms with E-state index < -0.39 is 4.92 Å². The predicted octanol–water partition coefficient (Wildman–Crippen LogP) is 3.70. The van der Waals surface area contributed by atoms with E-state index in [1.807, 2.05) is 29.6 Å². The van der Waals surface area contributed by atoms with Gasteiger partial charge in [-0.15, -0.1) is 5.10 Å². The van der Waals surface area contributed by atoms with E-state index in [-0.39, 0.29) is 17.4 Å². The number of benzene rings is 1. The molecule has 0 atom stereocenters. The first-order chi connectivity index (χ1) is 14.2. The summed E-state index contributed by atoms with van der Waals surface area (Å²) in [4.78, 5) is 22.8. The molecule has 0 saturated carbocycles. The number of nitro groups is 1. The fraction of sp³-hybridized carbons (Fsp3) is 0.0556. The van der Waals surface area contributed by atoms with Crippen molar-refractivity contribution < 1.29 is 9.66 Å². The fourth-order valence-corrected chi connectivity index (χ4v) is 2.99. The van der Waals surface area contributed by atoms with Crippen LogP contribution in [0.5, 0.6) is 11.6 Å². The van der Waals surface area contributed by atoms with Crippen LogP contribution < -0.4 is 10.1 Å². The van der Waals surface area contributed by atoms with Crippen molar-refractivity contribution in [3.63, 3.8) is 0 Å². The Morgan fingerprint density at radius 2 is 2.03 bits per heavy atom. The first-order valence-electron chi connectivity index (χ1n) is 8.38. The average Bonchev–Trinajstić information content (AvgIpc) is 3.28. The van der Waals surface area contributed by atoms with Gasteiger partial charge in [-0.1, -0.05) is 28.8 Å². The maximum atomic E-state index is 11.6. The topological polar surface area (TPSA) is 129 Å². The summed E-state index contributed by atoms with van der Waals surface area (Å²) in [5, 5.41) is 20.5. The van der Waals surface area contributed by atoms with Crippen LogP contribution in [0.15, 0.2) is 60.5 Å². The van der Waals surface area contributed by atoms with Crippen LogP contribution in [0.3, 0.4) is 0 Å². The number of aromatic nitrogens is 5. The van der Waals surface area contributed by atoms with Gasteiger partial charge in [-0.3, -0.25) is 15.1 Å². The van der Waals surface area contributed by atoms with Crippen LogP contribution in [0.4, 0.5) is 11.5 Å². The van der Waals surface area contributed by atoms with Gasteiger partial charge < -0.3 is 10.1 Å². The molecular weight excluding hydrogens is 394 g/mol. The Kier molecular flexibility index (Phi) is 5.29. The molecule has 0 amide bonds. The van der Waals surface area contributed by atoms with Gasteiger partial charge in [0.25, 0.3) is 0 Å². The van der Waals surface area contributed by atoms with Gasteiger partial charge in [-0.25, -0.2) is 4.98 Å². The third kappa shape index (κ3) is 4.30. The molecule has 29 heavy (non-hydrogen) atoms. The number of pyridine rings is 1. The number of ether oxygens (including phenoxy) is 1. The van der Waals surface area contributed by atoms with Gasteiger partial charge in [-0.2, -0.15) is 4.98 Å². The Hall–Kier alpha value is -3.99. The van der Waals surface area contributed by atoms with Crippen molar-refractivity contribution in [3.05, 3.63) is 76.2 Å². The molecule has 0 radical (unpaired) electrons. The number of hydrogen-bond acceptors (Lipinski definition) is 10. The lowest BCUT2D eigenvalue weighted by Gasteiger charge is -2.09. The van der Waals surface area contributed by atoms with E-state index in [1.54, 1.807) is 18.3 Å². The van der Waals surface area contributed by atoms with Crippen LogP contribution in [0.1, 0.15) is 5.56 Å². The fourth-order valence-electron chi connectivity index (χ4n) is 2.52. The summed E-state index contributed by atoms with van der Waals surface area (Å²) in [6.45, 7) is 0.333. The van der Waals surface area contributed by atoms with E-state index in [2.05, 4.69) is 29.9 Å². The van der Waals surface area contributed by atoms with Crippen molar-refractivity contribution in [2.75, 3.05) is 5.32 Å². The second kappa shape index (κ2) is 8.35. The molecule has 1 N–H and O–H groups in total. The largest absolute Gasteiger partial charge is 0.432 e. The lowest BCUT2D eigenvalue weighted by atomic mass is 10.1. The van der Waals surface area contributed by atoms with E-state index >= 15 is 0 Å². The number of hydrogen-bond donors (Lipinski definition) is 1. The Balaban J connectivity index is 1.52. The van der Waals surface area contributed by atoms with Crippen LogP contribution in [-0.2, 0) is 6.54 Å². The smallest absolute Gasteiger partial charge is 0.373 e. The van der Waals surface area contributed by atoms with Crippen molar-refractivity contribution in [2.45, 2.75) is 6.54 Å². The maximum absolute atomic E-state index is 11.6. The van der Waals surface area contributed by atoms with Gasteiger partial charge in [-0.05, 0) is 29.2 Å². The van der Waals surface area contributed by atoms with Crippen LogP contribution in [0.2, 0.25) is 0 Å². The summed E-state index contributed by atoms with van der Waals surface area (Å²) in [5.74, 6) is 0.246. The van der Waals surface area contributed by atoms with Crippen LogP contribution in [-0.4, -0.2) is 29.5 Å². The highest BCUT2D eigenvalue weighted by molar-refractivity contribution is 7.03. The van der Waals surface area contributed by atoms with Gasteiger partial charge in [0.15, 0.2) is 0 Å². The molecule has 4 rings (SSSR count). The highest BCUT2D eigenvalue weighted by atomic mass is 32.1. The minimum Gasteiger partial charge on any atom is -0.432 e. The molecule has 10 nitrogen and oxygen atoms in total. The molecule has 3 heterocycles. The predicted molar refractivity (Wildman–Crippen MR) is 106 cm³/mol. The normalized spacial score (nSPS) is 10.5. The van der Waals surface area contributed by atoms with E-state index in [1.165, 1.54) is 24.1 Å². The van der Waals surface area contributed by atoms with Crippen molar-refractivity contribution in [2.24, 2.45) is 0 Å². The van der Waals surface area contributed by atoms with E-state index in [0.717, 1.165) is 16.8 Å². The summed E-state index contributed by atoms with van der Waals surface area (Å²) in [5.41, 5.74) is 2.32. The number of nitrogens with one attached hydrogen (secondary N) is 1. The molecule has 0 fully saturated rings. The van der Waals surface area contributed by atoms with Crippen molar-refractivity contribution in [1.82, 2.24) is 24.5 Å². The van der Waals surface area contributed by atoms with E-state index in [4.69, 9.17) is 4.74 Å². The summed E-state index contributed by atoms with van der Waals surface area (Å²) >= 11 is 1.29. The maximum Gasteiger partial charge on any atom is 0.373 e. The molecule has 0 aliphatic heterocycles. The number of rotatable bonds is 7. The minimum atomic E-state index is -0.577. The molecule has 1 aromatic carbocycles. The van der Waals surface area contributed by atoms with Gasteiger partial charge >= 0.3 is 11.6 Å². The van der Waals surface area contributed by atoms with Gasteiger partial charge in [0.2, 0.25) is 5.82 Å². The molecule has 0 aliphatic rings. The van der Waals surface area contributed by atoms with Crippen LogP contribution in [0, 0.1) is 10.1 Å². The van der Waals surface area contributed by atoms with Crippen LogP contribution in [0.25, 0.3) is 11.3 Å². The molecule has 0 bridgehead atoms. The summed E-state index contributed by atoms with van der Waals surface area (Å²) in [6, 6.07) is 10.9. The highest BCUT2D eigenvalue weighted by Crippen LogP contribution is 2.34. The first kappa shape index (κ1) is 18.4. The van der Waals surface area contributed by atoms with E-state index in [0.29, 0.717) is 12.3 Å². The SMILES string of the molecule is O=[N+]([O-])c1c(NCc2ccc(-c3csnn3)cc2)ncnc1Oc1cccnc1. The van der Waals surface area contributed by atoms with Crippen molar-refractivity contribution in [3.8, 4) is 22.9 Å². The Morgan fingerprint density at radius 1 is 1.17 bits per heavy atom. The zero-order chi connectivity index (χ0) is 20.1. The summed E-state index contributed by atoms with van der Waals surface area (Å²) < 4.78 is 9.36. The summed E-state index contributed by atoms with van der Waals surface area (Å²) in [6.07, 6.45) is 4.22. The number of anilines is 1. The van der Waals surface area contributed by atoms with Crippen LogP contribution >= 0.6 is 11.5 Å². The van der Waals surface area contributed by atoms with Gasteiger partial charge in [0.1, 0.15) is 17.8 Å². The Bertz CT molecular complexity index is 1110. The van der Waals surface area contributed by atoms with Crippen molar-refractivity contribution in [1.29, 1.82) is 0 Å². The minimum absolute atomic E-state index is 0.0664. The van der Waals surface area contributed by atoms with E-state index in [9.17, 15) is 10.1 Å². The zero-order valence-corrected chi connectivity index (χ0v) is 15.6. The number of nitrogens with zero attached hydrogens (tertiary/aromatic N) is 6. The molecule has 0 unspecified atom stereocenters. The molecule has 11 heteroatoms. The standard InChI is InChI=1S/C18H13N7O3S/c26-25(27)16-17(21-11-22-18(16)28-14-2-1-7-19-9-14)20-8-12-3-5-13(6-4-12)15-10-29-24-23-15/h1-7,9-11H,8H2,(H,20,21,22). The molecule has 0 spiro atoms. The summed E-state index contributed by atoms with van der Waals surface area (Å²) in [7, 11) is 0. The van der Waals surface area contributed by atoms with Gasteiger partial charge in [0, 0.05) is 23.7 Å². The molecule has 4 aromatic rings. The lowest BCUT2D eigenvalue weighted by Crippen LogP contribution is -2.07. The van der Waals surface area contributed by atoms with Gasteiger partial charge in [0.05, 0.1) is 11.1 Å². The monoisotopic (exact) mass is 407 g/mol. The molecular formula is C18H13N7O3S. The highest BCUT2D eigenvalue weighted by Gasteiger charge is 2.25. The third-order valence-electron chi connectivity index (χ3n) is 3.89. The zero-order valence-electron chi connectivity index (χ0n) is 14.8. The molecule has 144 valence electrons. The average molecular weight is 407 g/mol.